The third-order valence-electron chi connectivity index (χ3n) is 2.10. The maximum absolute atomic E-state index is 3.97. The summed E-state index contributed by atoms with van der Waals surface area (Å²) >= 11 is 0. The van der Waals surface area contributed by atoms with Crippen LogP contribution >= 0.6 is 0 Å². The summed E-state index contributed by atoms with van der Waals surface area (Å²) in [4.78, 5) is 2.17. The van der Waals surface area contributed by atoms with Gasteiger partial charge < -0.3 is 4.90 Å². The van der Waals surface area contributed by atoms with Gasteiger partial charge in [-0.3, -0.25) is 5.01 Å². The van der Waals surface area contributed by atoms with Crippen LogP contribution in [0.3, 0.4) is 0 Å². The summed E-state index contributed by atoms with van der Waals surface area (Å²) in [6, 6.07) is 0. The second kappa shape index (κ2) is 3.62. The summed E-state index contributed by atoms with van der Waals surface area (Å²) in [5.41, 5.74) is 3.26. The summed E-state index contributed by atoms with van der Waals surface area (Å²) in [6.07, 6.45) is 2.48. The van der Waals surface area contributed by atoms with Crippen LogP contribution < -0.4 is 5.43 Å². The van der Waals surface area contributed by atoms with Crippen LogP contribution in [-0.2, 0) is 0 Å². The third-order valence-corrected chi connectivity index (χ3v) is 2.10. The third kappa shape index (κ3) is 2.12. The number of hydrogen-bond donors (Lipinski definition) is 1. The Morgan fingerprint density at radius 3 is 2.82 bits per heavy atom. The van der Waals surface area contributed by atoms with Crippen molar-refractivity contribution in [1.82, 2.24) is 15.3 Å². The number of hydrazine groups is 1. The Labute approximate surface area is 68.6 Å². The first kappa shape index (κ1) is 8.40. The van der Waals surface area contributed by atoms with Crippen molar-refractivity contribution in [2.24, 2.45) is 0 Å². The normalized spacial score (nSPS) is 21.5. The van der Waals surface area contributed by atoms with E-state index in [1.54, 1.807) is 0 Å². The lowest BCUT2D eigenvalue weighted by atomic mass is 10.3. The molecule has 3 nitrogen and oxygen atoms in total. The molecule has 1 aliphatic rings. The molecule has 64 valence electrons. The topological polar surface area (TPSA) is 18.5 Å². The number of hydrogen-bond acceptors (Lipinski definition) is 3. The molecular formula is C8H17N3. The first-order valence-corrected chi connectivity index (χ1v) is 4.09. The minimum Gasteiger partial charge on any atom is -0.361 e. The van der Waals surface area contributed by atoms with Crippen LogP contribution in [0.4, 0.5) is 0 Å². The monoisotopic (exact) mass is 155 g/mol. The van der Waals surface area contributed by atoms with E-state index in [4.69, 9.17) is 0 Å². The highest BCUT2D eigenvalue weighted by Gasteiger charge is 2.08. The number of nitrogens with one attached hydrogen (secondary N) is 1. The molecule has 3 heteroatoms. The van der Waals surface area contributed by atoms with Gasteiger partial charge in [0.2, 0.25) is 0 Å². The van der Waals surface area contributed by atoms with Gasteiger partial charge in [0.1, 0.15) is 5.82 Å². The number of nitrogens with zero attached hydrogens (tertiary/aromatic N) is 2. The average Bonchev–Trinajstić information content (AvgIpc) is 2.00. The predicted molar refractivity (Wildman–Crippen MR) is 46.8 cm³/mol. The van der Waals surface area contributed by atoms with Gasteiger partial charge in [-0.15, -0.1) is 0 Å². The second-order valence-corrected chi connectivity index (χ2v) is 3.01. The molecule has 0 bridgehead atoms. The van der Waals surface area contributed by atoms with E-state index in [-0.39, 0.29) is 0 Å². The molecule has 0 aliphatic carbocycles. The van der Waals surface area contributed by atoms with Crippen LogP contribution in [0.25, 0.3) is 0 Å². The lowest BCUT2D eigenvalue weighted by Gasteiger charge is -2.32. The van der Waals surface area contributed by atoms with Gasteiger partial charge in [0.15, 0.2) is 0 Å². The SMILES string of the molecule is C=C1N(C)CCCCNN1C. The molecule has 0 amide bonds. The smallest absolute Gasteiger partial charge is 0.110 e. The first-order chi connectivity index (χ1) is 5.22. The summed E-state index contributed by atoms with van der Waals surface area (Å²) in [5.74, 6) is 1.05. The first-order valence-electron chi connectivity index (χ1n) is 4.09. The summed E-state index contributed by atoms with van der Waals surface area (Å²) in [5, 5.41) is 1.99. The zero-order valence-electron chi connectivity index (χ0n) is 7.43. The van der Waals surface area contributed by atoms with E-state index in [0.717, 1.165) is 18.9 Å². The molecule has 1 saturated heterocycles. The predicted octanol–water partition coefficient (Wildman–Crippen LogP) is 0.620. The molecule has 1 fully saturated rings. The Kier molecular flexibility index (Phi) is 2.76. The highest BCUT2D eigenvalue weighted by molar-refractivity contribution is 4.89. The molecule has 0 atom stereocenters. The van der Waals surface area contributed by atoms with Crippen molar-refractivity contribution in [2.75, 3.05) is 27.2 Å². The molecule has 0 spiro atoms. The van der Waals surface area contributed by atoms with Gasteiger partial charge >= 0.3 is 0 Å². The maximum Gasteiger partial charge on any atom is 0.110 e. The molecule has 1 aliphatic heterocycles. The molecule has 0 unspecified atom stereocenters. The number of rotatable bonds is 0. The van der Waals surface area contributed by atoms with Crippen molar-refractivity contribution in [3.63, 3.8) is 0 Å². The van der Waals surface area contributed by atoms with Crippen molar-refractivity contribution >= 4 is 0 Å². The average molecular weight is 155 g/mol. The van der Waals surface area contributed by atoms with Crippen molar-refractivity contribution in [3.05, 3.63) is 12.4 Å². The van der Waals surface area contributed by atoms with Gasteiger partial charge in [0.25, 0.3) is 0 Å². The van der Waals surface area contributed by atoms with Crippen LogP contribution in [0.5, 0.6) is 0 Å². The Balaban J connectivity index is 2.49. The van der Waals surface area contributed by atoms with E-state index in [1.165, 1.54) is 12.8 Å². The molecule has 0 aromatic rings. The second-order valence-electron chi connectivity index (χ2n) is 3.01. The van der Waals surface area contributed by atoms with Crippen LogP contribution in [0.2, 0.25) is 0 Å². The van der Waals surface area contributed by atoms with Gasteiger partial charge in [-0.05, 0) is 12.8 Å². The molecule has 1 heterocycles. The fraction of sp³-hybridized carbons (Fsp3) is 0.750. The van der Waals surface area contributed by atoms with Gasteiger partial charge in [-0.2, -0.15) is 0 Å². The van der Waals surface area contributed by atoms with Gasteiger partial charge in [0, 0.05) is 27.2 Å². The Morgan fingerprint density at radius 2 is 2.09 bits per heavy atom. The molecular weight excluding hydrogens is 138 g/mol. The highest BCUT2D eigenvalue weighted by Crippen LogP contribution is 2.05. The van der Waals surface area contributed by atoms with E-state index in [1.807, 2.05) is 12.1 Å². The maximum atomic E-state index is 3.97. The Bertz CT molecular complexity index is 130. The minimum atomic E-state index is 1.05. The van der Waals surface area contributed by atoms with Gasteiger partial charge in [0.05, 0.1) is 0 Å². The molecule has 1 N–H and O–H groups in total. The van der Waals surface area contributed by atoms with Crippen molar-refractivity contribution < 1.29 is 0 Å². The highest BCUT2D eigenvalue weighted by atomic mass is 15.5. The van der Waals surface area contributed by atoms with Gasteiger partial charge in [-0.25, -0.2) is 5.43 Å². The molecule has 0 saturated carbocycles. The summed E-state index contributed by atoms with van der Waals surface area (Å²) in [6.45, 7) is 6.14. The molecule has 0 radical (unpaired) electrons. The van der Waals surface area contributed by atoms with Crippen LogP contribution in [0, 0.1) is 0 Å². The molecule has 11 heavy (non-hydrogen) atoms. The van der Waals surface area contributed by atoms with E-state index in [2.05, 4.69) is 24.0 Å². The van der Waals surface area contributed by atoms with E-state index < -0.39 is 0 Å². The van der Waals surface area contributed by atoms with Crippen LogP contribution in [-0.4, -0.2) is 37.1 Å². The van der Waals surface area contributed by atoms with Crippen LogP contribution in [0.1, 0.15) is 12.8 Å². The summed E-state index contributed by atoms with van der Waals surface area (Å²) in [7, 11) is 4.08. The van der Waals surface area contributed by atoms with Crippen molar-refractivity contribution in [3.8, 4) is 0 Å². The van der Waals surface area contributed by atoms with Crippen molar-refractivity contribution in [2.45, 2.75) is 12.8 Å². The lowest BCUT2D eigenvalue weighted by molar-refractivity contribution is 0.187. The quantitative estimate of drug-likeness (QED) is 0.553. The van der Waals surface area contributed by atoms with E-state index in [9.17, 15) is 0 Å². The standard InChI is InChI=1S/C8H17N3/c1-8-10(2)7-5-4-6-9-11(8)3/h9H,1,4-7H2,2-3H3. The fourth-order valence-electron chi connectivity index (χ4n) is 1.20. The zero-order chi connectivity index (χ0) is 8.27. The Morgan fingerprint density at radius 1 is 1.36 bits per heavy atom. The van der Waals surface area contributed by atoms with Crippen molar-refractivity contribution in [1.29, 1.82) is 0 Å². The minimum absolute atomic E-state index is 1.05. The lowest BCUT2D eigenvalue weighted by Crippen LogP contribution is -2.42. The van der Waals surface area contributed by atoms with E-state index >= 15 is 0 Å². The van der Waals surface area contributed by atoms with Crippen LogP contribution in [0.15, 0.2) is 12.4 Å². The molecule has 0 aromatic carbocycles. The zero-order valence-corrected chi connectivity index (χ0v) is 7.43. The summed E-state index contributed by atoms with van der Waals surface area (Å²) < 4.78 is 0. The molecule has 0 aromatic heterocycles. The Hall–Kier alpha value is -0.700. The molecule has 1 rings (SSSR count). The largest absolute Gasteiger partial charge is 0.361 e. The van der Waals surface area contributed by atoms with E-state index in [0.29, 0.717) is 0 Å². The van der Waals surface area contributed by atoms with Gasteiger partial charge in [-0.1, -0.05) is 6.58 Å². The fourth-order valence-corrected chi connectivity index (χ4v) is 1.20.